The van der Waals surface area contributed by atoms with Crippen LogP contribution in [-0.4, -0.2) is 28.5 Å². The quantitative estimate of drug-likeness (QED) is 0.861. The molecule has 1 aromatic rings. The molecule has 2 N–H and O–H groups in total. The zero-order valence-corrected chi connectivity index (χ0v) is 11.1. The van der Waals surface area contributed by atoms with Crippen LogP contribution in [0.2, 0.25) is 0 Å². The topological polar surface area (TPSA) is 84.1 Å². The highest BCUT2D eigenvalue weighted by Gasteiger charge is 2.27. The van der Waals surface area contributed by atoms with Gasteiger partial charge in [0.2, 0.25) is 0 Å². The molecule has 1 aliphatic heterocycles. The lowest BCUT2D eigenvalue weighted by atomic mass is 10.1. The molecule has 1 aromatic heterocycles. The van der Waals surface area contributed by atoms with E-state index in [1.807, 2.05) is 6.08 Å². The molecule has 6 nitrogen and oxygen atoms in total. The number of hydrogen-bond acceptors (Lipinski definition) is 4. The van der Waals surface area contributed by atoms with Gasteiger partial charge in [0, 0.05) is 12.0 Å². The second kappa shape index (κ2) is 5.48. The average Bonchev–Trinajstić information content (AvgIpc) is 3.30. The van der Waals surface area contributed by atoms with Gasteiger partial charge in [-0.15, -0.1) is 0 Å². The van der Waals surface area contributed by atoms with Crippen LogP contribution in [0.15, 0.2) is 23.2 Å². The van der Waals surface area contributed by atoms with E-state index in [1.54, 1.807) is 6.26 Å². The van der Waals surface area contributed by atoms with Gasteiger partial charge in [0.1, 0.15) is 17.6 Å². The summed E-state index contributed by atoms with van der Waals surface area (Å²) in [7, 11) is 0. The van der Waals surface area contributed by atoms with Crippen molar-refractivity contribution in [1.29, 1.82) is 0 Å². The van der Waals surface area contributed by atoms with Crippen molar-refractivity contribution in [1.82, 2.24) is 15.3 Å². The van der Waals surface area contributed by atoms with Gasteiger partial charge in [-0.2, -0.15) is 0 Å². The minimum atomic E-state index is -0.323. The van der Waals surface area contributed by atoms with E-state index in [4.69, 9.17) is 4.74 Å². The van der Waals surface area contributed by atoms with Crippen molar-refractivity contribution in [2.75, 3.05) is 6.54 Å². The molecule has 2 aliphatic rings. The molecule has 20 heavy (non-hydrogen) atoms. The lowest BCUT2D eigenvalue weighted by Gasteiger charge is -2.19. The summed E-state index contributed by atoms with van der Waals surface area (Å²) in [5.74, 6) is 0.609. The zero-order valence-electron chi connectivity index (χ0n) is 11.1. The van der Waals surface area contributed by atoms with Crippen LogP contribution in [0.4, 0.5) is 0 Å². The van der Waals surface area contributed by atoms with E-state index in [2.05, 4.69) is 15.3 Å². The Hall–Kier alpha value is -2.11. The Morgan fingerprint density at radius 2 is 2.30 bits per heavy atom. The summed E-state index contributed by atoms with van der Waals surface area (Å²) in [6.07, 6.45) is 7.50. The Balaban J connectivity index is 1.64. The summed E-state index contributed by atoms with van der Waals surface area (Å²) >= 11 is 0. The maximum Gasteiger partial charge on any atom is 0.270 e. The third kappa shape index (κ3) is 3.07. The maximum atomic E-state index is 12.0. The molecule has 0 radical (unpaired) electrons. The number of ether oxygens (including phenoxy) is 1. The number of rotatable bonds is 4. The van der Waals surface area contributed by atoms with Crippen molar-refractivity contribution in [3.05, 3.63) is 40.3 Å². The number of aromatic nitrogens is 2. The smallest absolute Gasteiger partial charge is 0.270 e. The molecule has 1 unspecified atom stereocenters. The van der Waals surface area contributed by atoms with E-state index in [9.17, 15) is 9.59 Å². The van der Waals surface area contributed by atoms with E-state index < -0.39 is 0 Å². The van der Waals surface area contributed by atoms with Crippen molar-refractivity contribution in [3.8, 4) is 0 Å². The Bertz CT molecular complexity index is 590. The molecule has 0 bridgehead atoms. The van der Waals surface area contributed by atoms with Gasteiger partial charge in [0.05, 0.1) is 12.8 Å². The summed E-state index contributed by atoms with van der Waals surface area (Å²) < 4.78 is 5.38. The van der Waals surface area contributed by atoms with Crippen LogP contribution in [0.25, 0.3) is 0 Å². The van der Waals surface area contributed by atoms with Gasteiger partial charge in [0.15, 0.2) is 0 Å². The molecule has 3 rings (SSSR count). The first-order valence-corrected chi connectivity index (χ1v) is 6.92. The van der Waals surface area contributed by atoms with Crippen LogP contribution < -0.4 is 10.9 Å². The van der Waals surface area contributed by atoms with Crippen molar-refractivity contribution in [2.45, 2.75) is 37.7 Å². The molecule has 106 valence electrons. The molecule has 6 heteroatoms. The van der Waals surface area contributed by atoms with Crippen LogP contribution in [0.5, 0.6) is 0 Å². The van der Waals surface area contributed by atoms with E-state index >= 15 is 0 Å². The van der Waals surface area contributed by atoms with Gasteiger partial charge < -0.3 is 15.0 Å². The Labute approximate surface area is 116 Å². The third-order valence-corrected chi connectivity index (χ3v) is 3.47. The summed E-state index contributed by atoms with van der Waals surface area (Å²) in [4.78, 5) is 30.5. The molecular weight excluding hydrogens is 258 g/mol. The lowest BCUT2D eigenvalue weighted by Crippen LogP contribution is -2.34. The minimum Gasteiger partial charge on any atom is -0.497 e. The molecule has 1 aliphatic carbocycles. The first-order valence-electron chi connectivity index (χ1n) is 6.92. The second-order valence-electron chi connectivity index (χ2n) is 5.21. The van der Waals surface area contributed by atoms with Gasteiger partial charge in [0.25, 0.3) is 11.5 Å². The van der Waals surface area contributed by atoms with Crippen molar-refractivity contribution in [3.63, 3.8) is 0 Å². The zero-order chi connectivity index (χ0) is 13.9. The molecule has 0 aromatic carbocycles. The fourth-order valence-corrected chi connectivity index (χ4v) is 2.18. The molecule has 1 fully saturated rings. The predicted octanol–water partition coefficient (Wildman–Crippen LogP) is 1.07. The van der Waals surface area contributed by atoms with E-state index in [-0.39, 0.29) is 23.3 Å². The first-order chi connectivity index (χ1) is 9.72. The highest BCUT2D eigenvalue weighted by molar-refractivity contribution is 5.92. The fourth-order valence-electron chi connectivity index (χ4n) is 2.18. The number of carbonyl (C=O) groups excluding carboxylic acids is 1. The standard InChI is InChI=1S/C14H17N3O3/c18-12-7-11(16-13(17-12)9-4-5-9)14(19)15-8-10-3-1-2-6-20-10/h2,6-7,9-10H,1,3-5,8H2,(H,15,19)(H,16,17,18). The highest BCUT2D eigenvalue weighted by atomic mass is 16.5. The Morgan fingerprint density at radius 3 is 3.00 bits per heavy atom. The Morgan fingerprint density at radius 1 is 1.45 bits per heavy atom. The molecule has 0 saturated heterocycles. The Kier molecular flexibility index (Phi) is 3.54. The lowest BCUT2D eigenvalue weighted by molar-refractivity contribution is 0.0871. The van der Waals surface area contributed by atoms with Crippen LogP contribution >= 0.6 is 0 Å². The number of amides is 1. The molecule has 1 amide bonds. The normalized spacial score (nSPS) is 21.3. The van der Waals surface area contributed by atoms with Crippen LogP contribution in [-0.2, 0) is 4.74 Å². The molecule has 1 saturated carbocycles. The van der Waals surface area contributed by atoms with Gasteiger partial charge >= 0.3 is 0 Å². The summed E-state index contributed by atoms with van der Waals surface area (Å²) in [6, 6.07) is 1.24. The van der Waals surface area contributed by atoms with Crippen molar-refractivity contribution in [2.24, 2.45) is 0 Å². The van der Waals surface area contributed by atoms with Gasteiger partial charge in [-0.25, -0.2) is 4.98 Å². The molecular formula is C14H17N3O3. The average molecular weight is 275 g/mol. The number of nitrogens with zero attached hydrogens (tertiary/aromatic N) is 1. The van der Waals surface area contributed by atoms with E-state index in [1.165, 1.54) is 6.07 Å². The molecule has 1 atom stereocenters. The number of hydrogen-bond donors (Lipinski definition) is 2. The van der Waals surface area contributed by atoms with Gasteiger partial charge in [-0.05, 0) is 31.8 Å². The highest BCUT2D eigenvalue weighted by Crippen LogP contribution is 2.37. The molecule has 0 spiro atoms. The monoisotopic (exact) mass is 275 g/mol. The van der Waals surface area contributed by atoms with Gasteiger partial charge in [-0.1, -0.05) is 0 Å². The minimum absolute atomic E-state index is 0.00570. The predicted molar refractivity (Wildman–Crippen MR) is 72.4 cm³/mol. The summed E-state index contributed by atoms with van der Waals surface area (Å²) in [5, 5.41) is 2.77. The third-order valence-electron chi connectivity index (χ3n) is 3.47. The number of allylic oxidation sites excluding steroid dienone is 1. The van der Waals surface area contributed by atoms with E-state index in [0.717, 1.165) is 25.7 Å². The number of carbonyl (C=O) groups is 1. The second-order valence-corrected chi connectivity index (χ2v) is 5.21. The van der Waals surface area contributed by atoms with Crippen LogP contribution in [0.3, 0.4) is 0 Å². The summed E-state index contributed by atoms with van der Waals surface area (Å²) in [5.41, 5.74) is -0.0918. The largest absolute Gasteiger partial charge is 0.497 e. The molecule has 2 heterocycles. The van der Waals surface area contributed by atoms with Gasteiger partial charge in [-0.3, -0.25) is 9.59 Å². The number of nitrogens with one attached hydrogen (secondary N) is 2. The van der Waals surface area contributed by atoms with E-state index in [0.29, 0.717) is 18.3 Å². The number of H-pyrrole nitrogens is 1. The first kappa shape index (κ1) is 12.9. The van der Waals surface area contributed by atoms with Crippen molar-refractivity contribution < 1.29 is 9.53 Å². The number of aromatic amines is 1. The SMILES string of the molecule is O=C(NCC1CCC=CO1)c1cc(=O)[nH]c(C2CC2)n1. The fraction of sp³-hybridized carbons (Fsp3) is 0.500. The van der Waals surface area contributed by atoms with Crippen LogP contribution in [0.1, 0.15) is 47.9 Å². The maximum absolute atomic E-state index is 12.0. The van der Waals surface area contributed by atoms with Crippen LogP contribution in [0, 0.1) is 0 Å². The van der Waals surface area contributed by atoms with Crippen molar-refractivity contribution >= 4 is 5.91 Å². The summed E-state index contributed by atoms with van der Waals surface area (Å²) in [6.45, 7) is 0.427.